The van der Waals surface area contributed by atoms with Gasteiger partial charge in [-0.05, 0) is 50.2 Å². The zero-order valence-electron chi connectivity index (χ0n) is 15.1. The molecule has 4 aromatic rings. The van der Waals surface area contributed by atoms with Crippen LogP contribution in [0.1, 0.15) is 17.5 Å². The summed E-state index contributed by atoms with van der Waals surface area (Å²) in [5, 5.41) is 0. The van der Waals surface area contributed by atoms with Crippen molar-refractivity contribution in [3.63, 3.8) is 0 Å². The normalized spacial score (nSPS) is 11.2. The molecule has 3 heterocycles. The molecule has 0 radical (unpaired) electrons. The van der Waals surface area contributed by atoms with Gasteiger partial charge in [0.15, 0.2) is 4.96 Å². The Balaban J connectivity index is 1.73. The van der Waals surface area contributed by atoms with Crippen molar-refractivity contribution in [3.8, 4) is 11.4 Å². The van der Waals surface area contributed by atoms with Gasteiger partial charge in [0.2, 0.25) is 0 Å². The number of anilines is 1. The quantitative estimate of drug-likeness (QED) is 0.562. The lowest BCUT2D eigenvalue weighted by atomic mass is 10.2. The molecule has 0 amide bonds. The fraction of sp³-hybridized carbons (Fsp3) is 0.200. The number of aromatic amines is 1. The molecule has 3 aromatic heterocycles. The molecule has 1 N–H and O–H groups in total. The van der Waals surface area contributed by atoms with E-state index >= 15 is 0 Å². The van der Waals surface area contributed by atoms with Crippen molar-refractivity contribution in [1.82, 2.24) is 14.4 Å². The molecule has 0 saturated heterocycles. The number of aromatic nitrogens is 3. The molecule has 0 aliphatic carbocycles. The van der Waals surface area contributed by atoms with Crippen LogP contribution in [0.15, 0.2) is 53.5 Å². The SMILES string of the molecule is CCN(Cc1cc(=O)n2c(-c3ccc[nH]3)c(C)sc2n1)c1ccc(F)cc1. The van der Waals surface area contributed by atoms with Gasteiger partial charge >= 0.3 is 0 Å². The molecule has 0 spiro atoms. The van der Waals surface area contributed by atoms with Crippen molar-refractivity contribution in [3.05, 3.63) is 75.4 Å². The first kappa shape index (κ1) is 17.5. The van der Waals surface area contributed by atoms with E-state index in [0.29, 0.717) is 17.2 Å². The first-order chi connectivity index (χ1) is 13.1. The van der Waals surface area contributed by atoms with Crippen LogP contribution in [0.25, 0.3) is 16.3 Å². The maximum absolute atomic E-state index is 13.2. The summed E-state index contributed by atoms with van der Waals surface area (Å²) in [6, 6.07) is 11.8. The summed E-state index contributed by atoms with van der Waals surface area (Å²) in [6.45, 7) is 5.23. The Kier molecular flexibility index (Phi) is 4.53. The van der Waals surface area contributed by atoms with Gasteiger partial charge < -0.3 is 9.88 Å². The second-order valence-corrected chi connectivity index (χ2v) is 7.47. The summed E-state index contributed by atoms with van der Waals surface area (Å²) in [7, 11) is 0. The second-order valence-electron chi connectivity index (χ2n) is 6.28. The standard InChI is InChI=1S/C20H19FN4OS/c1-3-24(16-8-6-14(21)7-9-16)12-15-11-18(26)25-19(17-5-4-10-22-17)13(2)27-20(25)23-15/h4-11,22H,3,12H2,1-2H3. The van der Waals surface area contributed by atoms with E-state index in [2.05, 4.69) is 9.88 Å². The van der Waals surface area contributed by atoms with Crippen molar-refractivity contribution >= 4 is 22.0 Å². The van der Waals surface area contributed by atoms with Crippen molar-refractivity contribution in [2.24, 2.45) is 0 Å². The van der Waals surface area contributed by atoms with E-state index in [1.807, 2.05) is 32.2 Å². The van der Waals surface area contributed by atoms with Gasteiger partial charge in [-0.1, -0.05) is 0 Å². The van der Waals surface area contributed by atoms with Crippen molar-refractivity contribution in [2.75, 3.05) is 11.4 Å². The van der Waals surface area contributed by atoms with Crippen LogP contribution in [0.2, 0.25) is 0 Å². The summed E-state index contributed by atoms with van der Waals surface area (Å²) in [5.41, 5.74) is 3.26. The number of nitrogens with zero attached hydrogens (tertiary/aromatic N) is 3. The van der Waals surface area contributed by atoms with E-state index in [9.17, 15) is 9.18 Å². The second kappa shape index (κ2) is 7.00. The van der Waals surface area contributed by atoms with Gasteiger partial charge in [0, 0.05) is 29.4 Å². The highest BCUT2D eigenvalue weighted by molar-refractivity contribution is 7.17. The average molecular weight is 382 g/mol. The number of aryl methyl sites for hydroxylation is 1. The summed E-state index contributed by atoms with van der Waals surface area (Å²) < 4.78 is 14.8. The van der Waals surface area contributed by atoms with Crippen molar-refractivity contribution in [2.45, 2.75) is 20.4 Å². The number of H-pyrrole nitrogens is 1. The smallest absolute Gasteiger partial charge is 0.259 e. The average Bonchev–Trinajstić information content (AvgIpc) is 3.27. The highest BCUT2D eigenvalue weighted by atomic mass is 32.1. The number of nitrogens with one attached hydrogen (secondary N) is 1. The fourth-order valence-electron chi connectivity index (χ4n) is 3.23. The van der Waals surface area contributed by atoms with Gasteiger partial charge in [-0.3, -0.25) is 4.79 Å². The highest BCUT2D eigenvalue weighted by Crippen LogP contribution is 2.28. The first-order valence-electron chi connectivity index (χ1n) is 8.73. The molecule has 0 atom stereocenters. The molecule has 4 rings (SSSR count). The van der Waals surface area contributed by atoms with E-state index in [1.165, 1.54) is 23.5 Å². The van der Waals surface area contributed by atoms with Crippen LogP contribution in [-0.4, -0.2) is 20.9 Å². The Hall–Kier alpha value is -2.93. The molecule has 0 unspecified atom stereocenters. The predicted molar refractivity (Wildman–Crippen MR) is 107 cm³/mol. The zero-order valence-corrected chi connectivity index (χ0v) is 15.9. The third kappa shape index (κ3) is 3.26. The van der Waals surface area contributed by atoms with Gasteiger partial charge in [0.05, 0.1) is 23.6 Å². The maximum Gasteiger partial charge on any atom is 0.259 e. The van der Waals surface area contributed by atoms with Crippen LogP contribution < -0.4 is 10.5 Å². The summed E-state index contributed by atoms with van der Waals surface area (Å²) in [6.07, 6.45) is 1.84. The van der Waals surface area contributed by atoms with Crippen molar-refractivity contribution < 1.29 is 4.39 Å². The number of thiazole rings is 1. The Bertz CT molecular complexity index is 1130. The van der Waals surface area contributed by atoms with Crippen LogP contribution in [0.4, 0.5) is 10.1 Å². The first-order valence-corrected chi connectivity index (χ1v) is 9.55. The summed E-state index contributed by atoms with van der Waals surface area (Å²) in [5.74, 6) is -0.265. The fourth-order valence-corrected chi connectivity index (χ4v) is 4.23. The minimum atomic E-state index is -0.265. The molecule has 0 fully saturated rings. The summed E-state index contributed by atoms with van der Waals surface area (Å²) >= 11 is 1.50. The Morgan fingerprint density at radius 3 is 2.70 bits per heavy atom. The summed E-state index contributed by atoms with van der Waals surface area (Å²) in [4.78, 5) is 24.5. The monoisotopic (exact) mass is 382 g/mol. The Morgan fingerprint density at radius 2 is 2.04 bits per heavy atom. The van der Waals surface area contributed by atoms with Crippen LogP contribution in [0.5, 0.6) is 0 Å². The van der Waals surface area contributed by atoms with E-state index in [4.69, 9.17) is 4.98 Å². The van der Waals surface area contributed by atoms with Gasteiger partial charge in [-0.2, -0.15) is 0 Å². The number of hydrogen-bond acceptors (Lipinski definition) is 4. The Morgan fingerprint density at radius 1 is 1.26 bits per heavy atom. The molecule has 7 heteroatoms. The topological polar surface area (TPSA) is 53.4 Å². The maximum atomic E-state index is 13.2. The van der Waals surface area contributed by atoms with Crippen LogP contribution in [0, 0.1) is 12.7 Å². The van der Waals surface area contributed by atoms with Crippen molar-refractivity contribution in [1.29, 1.82) is 0 Å². The Labute approximate surface area is 159 Å². The van der Waals surface area contributed by atoms with E-state index < -0.39 is 0 Å². The molecule has 27 heavy (non-hydrogen) atoms. The molecule has 5 nitrogen and oxygen atoms in total. The lowest BCUT2D eigenvalue weighted by Crippen LogP contribution is -2.24. The molecular weight excluding hydrogens is 363 g/mol. The van der Waals surface area contributed by atoms with Gasteiger partial charge in [0.1, 0.15) is 5.82 Å². The largest absolute Gasteiger partial charge is 0.366 e. The minimum absolute atomic E-state index is 0.0980. The molecule has 0 saturated carbocycles. The third-order valence-corrected chi connectivity index (χ3v) is 5.48. The third-order valence-electron chi connectivity index (χ3n) is 4.52. The lowest BCUT2D eigenvalue weighted by Gasteiger charge is -2.22. The number of fused-ring (bicyclic) bond motifs is 1. The number of halogens is 1. The lowest BCUT2D eigenvalue weighted by molar-refractivity contribution is 0.627. The van der Waals surface area contributed by atoms with E-state index in [1.54, 1.807) is 22.6 Å². The molecule has 138 valence electrons. The number of rotatable bonds is 5. The van der Waals surface area contributed by atoms with Gasteiger partial charge in [-0.15, -0.1) is 11.3 Å². The minimum Gasteiger partial charge on any atom is -0.366 e. The van der Waals surface area contributed by atoms with E-state index in [-0.39, 0.29) is 11.4 Å². The molecular formula is C20H19FN4OS. The molecule has 0 bridgehead atoms. The van der Waals surface area contributed by atoms with Crippen LogP contribution >= 0.6 is 11.3 Å². The number of hydrogen-bond donors (Lipinski definition) is 1. The van der Waals surface area contributed by atoms with Gasteiger partial charge in [-0.25, -0.2) is 13.8 Å². The van der Waals surface area contributed by atoms with Crippen LogP contribution in [0.3, 0.4) is 0 Å². The molecule has 1 aromatic carbocycles. The van der Waals surface area contributed by atoms with E-state index in [0.717, 1.165) is 28.5 Å². The molecule has 0 aliphatic heterocycles. The molecule has 0 aliphatic rings. The predicted octanol–water partition coefficient (Wildman–Crippen LogP) is 4.23. The van der Waals surface area contributed by atoms with Crippen LogP contribution in [-0.2, 0) is 6.54 Å². The van der Waals surface area contributed by atoms with Gasteiger partial charge in [0.25, 0.3) is 5.56 Å². The number of benzene rings is 1. The highest BCUT2D eigenvalue weighted by Gasteiger charge is 2.16. The zero-order chi connectivity index (χ0) is 19.0.